The molecule has 0 spiro atoms. The summed E-state index contributed by atoms with van der Waals surface area (Å²) in [6.45, 7) is 6.92. The lowest BCUT2D eigenvalue weighted by Gasteiger charge is -2.27. The Bertz CT molecular complexity index is 170. The highest BCUT2D eigenvalue weighted by Crippen LogP contribution is 2.61. The van der Waals surface area contributed by atoms with Crippen LogP contribution in [-0.4, -0.2) is 30.9 Å². The van der Waals surface area contributed by atoms with Gasteiger partial charge in [0.05, 0.1) is 24.6 Å². The lowest BCUT2D eigenvalue weighted by molar-refractivity contribution is -0.107. The summed E-state index contributed by atoms with van der Waals surface area (Å²) in [5.74, 6) is 0. The summed E-state index contributed by atoms with van der Waals surface area (Å²) in [4.78, 5) is 10.5. The molecule has 0 aliphatic heterocycles. The minimum absolute atomic E-state index is 0.734. The van der Waals surface area contributed by atoms with Gasteiger partial charge in [-0.05, 0) is 25.7 Å². The van der Waals surface area contributed by atoms with Crippen LogP contribution in [0.15, 0.2) is 0 Å². The fourth-order valence-corrected chi connectivity index (χ4v) is 7.82. The minimum atomic E-state index is -0.734. The predicted molar refractivity (Wildman–Crippen MR) is 86.4 cm³/mol. The van der Waals surface area contributed by atoms with Crippen LogP contribution in [0.4, 0.5) is 0 Å². The maximum Gasteiger partial charge on any atom is 0.120 e. The summed E-state index contributed by atoms with van der Waals surface area (Å²) in [5, 5.41) is 0. The van der Waals surface area contributed by atoms with Crippen LogP contribution in [0, 0.1) is 0 Å². The summed E-state index contributed by atoms with van der Waals surface area (Å²) in [5.41, 5.74) is 0. The normalized spacial score (nSPS) is 11.7. The Morgan fingerprint density at radius 1 is 0.722 bits per heavy atom. The molecule has 1 nitrogen and oxygen atoms in total. The summed E-state index contributed by atoms with van der Waals surface area (Å²) < 4.78 is 0. The monoisotopic (exact) mass is 273 g/mol. The number of carbonyl (C=O) groups excluding carboxylic acids is 1. The molecule has 0 aromatic rings. The van der Waals surface area contributed by atoms with Crippen molar-refractivity contribution in [2.75, 3.05) is 24.6 Å². The first-order valence-corrected chi connectivity index (χ1v) is 10.6. The van der Waals surface area contributed by atoms with E-state index in [1.54, 1.807) is 0 Å². The summed E-state index contributed by atoms with van der Waals surface area (Å²) in [7, 11) is -0.734. The van der Waals surface area contributed by atoms with E-state index >= 15 is 0 Å². The van der Waals surface area contributed by atoms with Crippen LogP contribution in [0.3, 0.4) is 0 Å². The summed E-state index contributed by atoms with van der Waals surface area (Å²) in [6, 6.07) is 0. The third-order valence-electron chi connectivity index (χ3n) is 3.91. The van der Waals surface area contributed by atoms with Crippen molar-refractivity contribution in [2.24, 2.45) is 0 Å². The standard InChI is InChI=1S/C16H34OP/c1-4-7-13-18(14-8-5-2,15-9-6-3)16-11-10-12-17/h12H,4-11,13-16H2,1-3H3/q+1. The van der Waals surface area contributed by atoms with E-state index in [0.717, 1.165) is 19.1 Å². The minimum Gasteiger partial charge on any atom is -0.303 e. The SMILES string of the molecule is CCCC[P+](CCCC)(CCCC)CCCC=O. The Balaban J connectivity index is 4.45. The van der Waals surface area contributed by atoms with Gasteiger partial charge in [-0.25, -0.2) is 0 Å². The van der Waals surface area contributed by atoms with Gasteiger partial charge in [0.2, 0.25) is 0 Å². The van der Waals surface area contributed by atoms with E-state index in [1.807, 2.05) is 0 Å². The molecular formula is C16H34OP+. The van der Waals surface area contributed by atoms with Crippen LogP contribution in [0.2, 0.25) is 0 Å². The number of rotatable bonds is 13. The molecule has 0 radical (unpaired) electrons. The molecule has 0 bridgehead atoms. The molecule has 0 aromatic carbocycles. The number of unbranched alkanes of at least 4 members (excludes halogenated alkanes) is 4. The van der Waals surface area contributed by atoms with Gasteiger partial charge in [-0.15, -0.1) is 0 Å². The maximum atomic E-state index is 10.5. The Morgan fingerprint density at radius 2 is 1.11 bits per heavy atom. The number of hydrogen-bond acceptors (Lipinski definition) is 1. The number of carbonyl (C=O) groups is 1. The van der Waals surface area contributed by atoms with E-state index in [4.69, 9.17) is 0 Å². The zero-order chi connectivity index (χ0) is 13.7. The first kappa shape index (κ1) is 18.1. The van der Waals surface area contributed by atoms with E-state index in [-0.39, 0.29) is 0 Å². The number of hydrogen-bond donors (Lipinski definition) is 0. The molecule has 0 amide bonds. The average molecular weight is 273 g/mol. The van der Waals surface area contributed by atoms with Crippen LogP contribution < -0.4 is 0 Å². The van der Waals surface area contributed by atoms with Crippen molar-refractivity contribution in [3.63, 3.8) is 0 Å². The molecule has 0 heterocycles. The van der Waals surface area contributed by atoms with Gasteiger partial charge in [-0.3, -0.25) is 0 Å². The van der Waals surface area contributed by atoms with E-state index < -0.39 is 7.26 Å². The highest BCUT2D eigenvalue weighted by molar-refractivity contribution is 7.75. The summed E-state index contributed by atoms with van der Waals surface area (Å²) >= 11 is 0. The largest absolute Gasteiger partial charge is 0.303 e. The first-order chi connectivity index (χ1) is 8.74. The van der Waals surface area contributed by atoms with Crippen LogP contribution in [0.5, 0.6) is 0 Å². The lowest BCUT2D eigenvalue weighted by Crippen LogP contribution is -2.13. The summed E-state index contributed by atoms with van der Waals surface area (Å²) in [6.07, 6.45) is 17.1. The van der Waals surface area contributed by atoms with Gasteiger partial charge >= 0.3 is 0 Å². The average Bonchev–Trinajstić information content (AvgIpc) is 2.40. The molecule has 0 N–H and O–H groups in total. The van der Waals surface area contributed by atoms with Crippen molar-refractivity contribution < 1.29 is 4.79 Å². The van der Waals surface area contributed by atoms with Gasteiger partial charge < -0.3 is 4.79 Å². The smallest absolute Gasteiger partial charge is 0.120 e. The van der Waals surface area contributed by atoms with Gasteiger partial charge in [-0.1, -0.05) is 40.0 Å². The molecular weight excluding hydrogens is 239 g/mol. The van der Waals surface area contributed by atoms with Crippen molar-refractivity contribution >= 4 is 13.5 Å². The Labute approximate surface area is 115 Å². The topological polar surface area (TPSA) is 17.1 Å². The Kier molecular flexibility index (Phi) is 12.2. The molecule has 0 saturated carbocycles. The van der Waals surface area contributed by atoms with Crippen LogP contribution in [0.25, 0.3) is 0 Å². The second-order valence-corrected chi connectivity index (χ2v) is 10.1. The highest BCUT2D eigenvalue weighted by Gasteiger charge is 2.34. The third-order valence-corrected chi connectivity index (χ3v) is 8.97. The van der Waals surface area contributed by atoms with E-state index in [2.05, 4.69) is 20.8 Å². The van der Waals surface area contributed by atoms with Crippen molar-refractivity contribution in [3.8, 4) is 0 Å². The van der Waals surface area contributed by atoms with Crippen molar-refractivity contribution in [1.29, 1.82) is 0 Å². The quantitative estimate of drug-likeness (QED) is 0.250. The zero-order valence-electron chi connectivity index (χ0n) is 12.9. The molecule has 0 aliphatic rings. The van der Waals surface area contributed by atoms with Gasteiger partial charge in [0, 0.05) is 13.7 Å². The highest BCUT2D eigenvalue weighted by atomic mass is 31.2. The Morgan fingerprint density at radius 3 is 1.44 bits per heavy atom. The van der Waals surface area contributed by atoms with Gasteiger partial charge in [0.25, 0.3) is 0 Å². The molecule has 0 saturated heterocycles. The molecule has 18 heavy (non-hydrogen) atoms. The van der Waals surface area contributed by atoms with Crippen molar-refractivity contribution in [1.82, 2.24) is 0 Å². The Hall–Kier alpha value is 0.100. The third kappa shape index (κ3) is 8.25. The predicted octanol–water partition coefficient (Wildman–Crippen LogP) is 5.38. The second-order valence-electron chi connectivity index (χ2n) is 5.61. The van der Waals surface area contributed by atoms with Gasteiger partial charge in [0.15, 0.2) is 0 Å². The molecule has 0 unspecified atom stereocenters. The number of aldehydes is 1. The molecule has 0 fully saturated rings. The first-order valence-electron chi connectivity index (χ1n) is 8.03. The van der Waals surface area contributed by atoms with Gasteiger partial charge in [-0.2, -0.15) is 0 Å². The second kappa shape index (κ2) is 12.2. The molecule has 108 valence electrons. The molecule has 0 atom stereocenters. The van der Waals surface area contributed by atoms with E-state index in [9.17, 15) is 4.79 Å². The lowest BCUT2D eigenvalue weighted by atomic mass is 10.4. The van der Waals surface area contributed by atoms with Gasteiger partial charge in [0.1, 0.15) is 6.29 Å². The van der Waals surface area contributed by atoms with E-state index in [0.29, 0.717) is 0 Å². The van der Waals surface area contributed by atoms with Crippen molar-refractivity contribution in [2.45, 2.75) is 72.1 Å². The molecule has 2 heteroatoms. The van der Waals surface area contributed by atoms with Crippen LogP contribution >= 0.6 is 7.26 Å². The molecule has 0 aliphatic carbocycles. The fraction of sp³-hybridized carbons (Fsp3) is 0.938. The maximum absolute atomic E-state index is 10.5. The molecule has 0 rings (SSSR count). The van der Waals surface area contributed by atoms with Crippen molar-refractivity contribution in [3.05, 3.63) is 0 Å². The van der Waals surface area contributed by atoms with E-state index in [1.165, 1.54) is 63.2 Å². The van der Waals surface area contributed by atoms with Crippen LogP contribution in [0.1, 0.15) is 72.1 Å². The fourth-order valence-electron chi connectivity index (χ4n) is 2.66. The van der Waals surface area contributed by atoms with Crippen LogP contribution in [-0.2, 0) is 4.79 Å². The molecule has 0 aromatic heterocycles. The zero-order valence-corrected chi connectivity index (χ0v) is 13.8.